The standard InChI is InChI=1S/C56H34B2I2/c1-27-11-9-12-28(2)49(27)35-23-37-43-21-31(59)19-41-33-15-6-8-18-46(33)58(55(41)43)48-26-40-36(50-29(3)13-10-14-30(50)4)24-38-44-22-32(60)20-42-34-16-5-7-17-45(34)57(56(42)44)47-25-39(35)53(51(37)48)54(40)52(38)47/h5-26H,1-4H3. The van der Waals surface area contributed by atoms with Crippen LogP contribution in [0.5, 0.6) is 0 Å². The average Bonchev–Trinajstić information content (AvgIpc) is 3.75. The molecule has 4 aliphatic rings. The number of benzene rings is 10. The highest BCUT2D eigenvalue weighted by Crippen LogP contribution is 2.52. The first-order valence-electron chi connectivity index (χ1n) is 21.1. The van der Waals surface area contributed by atoms with Crippen LogP contribution in [0, 0.1) is 34.8 Å². The molecule has 4 aliphatic heterocycles. The van der Waals surface area contributed by atoms with Crippen LogP contribution in [-0.2, 0) is 0 Å². The molecule has 0 spiro atoms. The molecule has 60 heavy (non-hydrogen) atoms. The normalized spacial score (nSPS) is 13.4. The van der Waals surface area contributed by atoms with E-state index in [9.17, 15) is 0 Å². The monoisotopic (exact) mass is 982 g/mol. The molecule has 0 aliphatic carbocycles. The highest BCUT2D eigenvalue weighted by molar-refractivity contribution is 14.1. The third-order valence-electron chi connectivity index (χ3n) is 14.9. The van der Waals surface area contributed by atoms with E-state index in [0.717, 1.165) is 0 Å². The van der Waals surface area contributed by atoms with Crippen molar-refractivity contribution in [2.24, 2.45) is 0 Å². The Hall–Kier alpha value is -5.17. The molecule has 10 aromatic carbocycles. The zero-order valence-corrected chi connectivity index (χ0v) is 37.9. The Morgan fingerprint density at radius 2 is 0.683 bits per heavy atom. The van der Waals surface area contributed by atoms with Crippen molar-refractivity contribution in [2.75, 3.05) is 0 Å². The van der Waals surface area contributed by atoms with Crippen LogP contribution in [0.2, 0.25) is 0 Å². The lowest BCUT2D eigenvalue weighted by Gasteiger charge is -2.33. The molecule has 0 atom stereocenters. The molecule has 0 unspecified atom stereocenters. The van der Waals surface area contributed by atoms with Crippen LogP contribution < -0.4 is 32.8 Å². The number of fused-ring (bicyclic) bond motifs is 10. The third kappa shape index (κ3) is 4.15. The van der Waals surface area contributed by atoms with Gasteiger partial charge >= 0.3 is 0 Å². The predicted octanol–water partition coefficient (Wildman–Crippen LogP) is 11.3. The molecule has 0 radical (unpaired) electrons. The maximum absolute atomic E-state index is 2.67. The van der Waals surface area contributed by atoms with E-state index in [1.54, 1.807) is 0 Å². The summed E-state index contributed by atoms with van der Waals surface area (Å²) >= 11 is 5.14. The second-order valence-electron chi connectivity index (χ2n) is 17.9. The summed E-state index contributed by atoms with van der Waals surface area (Å²) in [5.41, 5.74) is 30.5. The lowest BCUT2D eigenvalue weighted by molar-refractivity contribution is 1.38. The van der Waals surface area contributed by atoms with Gasteiger partial charge in [-0.05, 0) is 231 Å². The van der Waals surface area contributed by atoms with E-state index in [0.29, 0.717) is 0 Å². The Bertz CT molecular complexity index is 3410. The van der Waals surface area contributed by atoms with Crippen molar-refractivity contribution < 1.29 is 0 Å². The van der Waals surface area contributed by atoms with E-state index in [2.05, 4.69) is 206 Å². The summed E-state index contributed by atoms with van der Waals surface area (Å²) in [7, 11) is 0. The zero-order valence-electron chi connectivity index (χ0n) is 33.6. The number of aryl methyl sites for hydroxylation is 4. The number of halogens is 2. The molecule has 0 amide bonds. The molecule has 0 fully saturated rings. The van der Waals surface area contributed by atoms with Crippen LogP contribution in [0.3, 0.4) is 0 Å². The van der Waals surface area contributed by atoms with Gasteiger partial charge in [0.05, 0.1) is 0 Å². The summed E-state index contributed by atoms with van der Waals surface area (Å²) in [6, 6.07) is 52.6. The number of hydrogen-bond donors (Lipinski definition) is 0. The summed E-state index contributed by atoms with van der Waals surface area (Å²) in [5, 5.41) is 8.50. The SMILES string of the molecule is Cc1cccc(C)c1-c1cc2c3c(cc4c(-c5c(C)cccc5C)cc5c6c(cc1c3c46)B1c3ccccc3-c3cc(I)cc-5c31)B1c3ccccc3-c3cc(I)cc-2c31. The predicted molar refractivity (Wildman–Crippen MR) is 276 cm³/mol. The molecule has 0 saturated heterocycles. The molecule has 0 saturated carbocycles. The van der Waals surface area contributed by atoms with Crippen molar-refractivity contribution >= 4 is 124 Å². The van der Waals surface area contributed by atoms with Crippen LogP contribution in [0.4, 0.5) is 0 Å². The Kier molecular flexibility index (Phi) is 6.79. The summed E-state index contributed by atoms with van der Waals surface area (Å²) < 4.78 is 2.58. The van der Waals surface area contributed by atoms with Crippen LogP contribution in [0.15, 0.2) is 133 Å². The summed E-state index contributed by atoms with van der Waals surface area (Å²) in [5.74, 6) is 0. The van der Waals surface area contributed by atoms with Gasteiger partial charge in [0.25, 0.3) is 0 Å². The molecule has 0 aromatic heterocycles. The van der Waals surface area contributed by atoms with Gasteiger partial charge in [-0.25, -0.2) is 0 Å². The fraction of sp³-hybridized carbons (Fsp3) is 0.0714. The average molecular weight is 982 g/mol. The lowest BCUT2D eigenvalue weighted by atomic mass is 9.34. The van der Waals surface area contributed by atoms with Gasteiger partial charge in [-0.15, -0.1) is 0 Å². The molecular formula is C56H34B2I2. The van der Waals surface area contributed by atoms with Crippen LogP contribution in [-0.4, -0.2) is 13.4 Å². The van der Waals surface area contributed by atoms with E-state index in [1.807, 2.05) is 0 Å². The highest BCUT2D eigenvalue weighted by Gasteiger charge is 2.45. The van der Waals surface area contributed by atoms with Crippen molar-refractivity contribution in [3.05, 3.63) is 163 Å². The first-order valence-corrected chi connectivity index (χ1v) is 23.3. The summed E-state index contributed by atoms with van der Waals surface area (Å²) in [6.07, 6.45) is 0. The Balaban J connectivity index is 1.28. The van der Waals surface area contributed by atoms with Crippen molar-refractivity contribution in [1.82, 2.24) is 0 Å². The van der Waals surface area contributed by atoms with E-state index < -0.39 is 0 Å². The molecule has 0 nitrogen and oxygen atoms in total. The number of rotatable bonds is 2. The molecule has 278 valence electrons. The van der Waals surface area contributed by atoms with Gasteiger partial charge in [0.2, 0.25) is 13.4 Å². The third-order valence-corrected chi connectivity index (χ3v) is 16.1. The zero-order chi connectivity index (χ0) is 40.0. The lowest BCUT2D eigenvalue weighted by Crippen LogP contribution is -2.53. The fourth-order valence-electron chi connectivity index (χ4n) is 12.7. The van der Waals surface area contributed by atoms with E-state index in [1.165, 1.54) is 161 Å². The van der Waals surface area contributed by atoms with Gasteiger partial charge in [-0.2, -0.15) is 0 Å². The van der Waals surface area contributed by atoms with Gasteiger partial charge in [-0.3, -0.25) is 0 Å². The van der Waals surface area contributed by atoms with E-state index in [4.69, 9.17) is 0 Å². The smallest absolute Gasteiger partial charge is 0.0664 e. The first kappa shape index (κ1) is 34.5. The minimum Gasteiger partial charge on any atom is -0.0664 e. The molecular weight excluding hydrogens is 948 g/mol. The molecule has 10 aromatic rings. The van der Waals surface area contributed by atoms with Crippen molar-refractivity contribution in [3.63, 3.8) is 0 Å². The van der Waals surface area contributed by atoms with Gasteiger partial charge < -0.3 is 0 Å². The molecule has 4 heterocycles. The fourth-order valence-corrected chi connectivity index (χ4v) is 14.0. The minimum atomic E-state index is 0.165. The Morgan fingerprint density at radius 1 is 0.317 bits per heavy atom. The minimum absolute atomic E-state index is 0.165. The second-order valence-corrected chi connectivity index (χ2v) is 20.4. The quantitative estimate of drug-likeness (QED) is 0.0920. The van der Waals surface area contributed by atoms with Gasteiger partial charge in [-0.1, -0.05) is 130 Å². The maximum atomic E-state index is 2.67. The van der Waals surface area contributed by atoms with E-state index >= 15 is 0 Å². The molecule has 0 N–H and O–H groups in total. The van der Waals surface area contributed by atoms with Crippen LogP contribution in [0.1, 0.15) is 22.3 Å². The maximum Gasteiger partial charge on any atom is 0.244 e. The Morgan fingerprint density at radius 3 is 1.08 bits per heavy atom. The van der Waals surface area contributed by atoms with Crippen molar-refractivity contribution in [3.8, 4) is 66.8 Å². The van der Waals surface area contributed by atoms with Crippen LogP contribution in [0.25, 0.3) is 99.1 Å². The van der Waals surface area contributed by atoms with Gasteiger partial charge in [0, 0.05) is 7.14 Å². The van der Waals surface area contributed by atoms with Crippen molar-refractivity contribution in [2.45, 2.75) is 27.7 Å². The topological polar surface area (TPSA) is 0 Å². The van der Waals surface area contributed by atoms with Crippen LogP contribution >= 0.6 is 45.2 Å². The van der Waals surface area contributed by atoms with Crippen molar-refractivity contribution in [1.29, 1.82) is 0 Å². The highest BCUT2D eigenvalue weighted by atomic mass is 127. The first-order chi connectivity index (χ1) is 29.3. The molecule has 4 heteroatoms. The van der Waals surface area contributed by atoms with Gasteiger partial charge in [0.15, 0.2) is 0 Å². The summed E-state index contributed by atoms with van der Waals surface area (Å²) in [4.78, 5) is 0. The molecule has 14 rings (SSSR count). The van der Waals surface area contributed by atoms with E-state index in [-0.39, 0.29) is 13.4 Å². The second kappa shape index (κ2) is 11.8. The largest absolute Gasteiger partial charge is 0.244 e. The van der Waals surface area contributed by atoms with Gasteiger partial charge in [0.1, 0.15) is 0 Å². The Labute approximate surface area is 377 Å². The summed E-state index contributed by atoms with van der Waals surface area (Å²) in [6.45, 7) is 9.57. The molecule has 0 bridgehead atoms. The number of hydrogen-bond acceptors (Lipinski definition) is 0.